The van der Waals surface area contributed by atoms with Gasteiger partial charge in [0.25, 0.3) is 0 Å². The average Bonchev–Trinajstić information content (AvgIpc) is 2.93. The molecule has 0 aromatic heterocycles. The van der Waals surface area contributed by atoms with Crippen molar-refractivity contribution in [1.29, 1.82) is 0 Å². The van der Waals surface area contributed by atoms with Crippen molar-refractivity contribution in [3.8, 4) is 0 Å². The molecule has 8 heteroatoms. The molecule has 2 saturated heterocycles. The Morgan fingerprint density at radius 3 is 1.47 bits per heavy atom. The maximum atomic E-state index is 3.64. The molecule has 1 aromatic carbocycles. The summed E-state index contributed by atoms with van der Waals surface area (Å²) in [5.41, 5.74) is 2.91. The number of rotatable bonds is 4. The van der Waals surface area contributed by atoms with Crippen molar-refractivity contribution in [2.75, 3.05) is 102 Å². The van der Waals surface area contributed by atoms with Crippen molar-refractivity contribution in [3.05, 3.63) is 35.4 Å². The van der Waals surface area contributed by atoms with Gasteiger partial charge in [0.05, 0.1) is 0 Å². The lowest BCUT2D eigenvalue weighted by Gasteiger charge is -2.24. The van der Waals surface area contributed by atoms with Gasteiger partial charge in [-0.05, 0) is 125 Å². The van der Waals surface area contributed by atoms with Gasteiger partial charge < -0.3 is 21.3 Å². The number of hydrogen-bond acceptors (Lipinski definition) is 8. The zero-order valence-electron chi connectivity index (χ0n) is 24.0. The predicted molar refractivity (Wildman–Crippen MR) is 171 cm³/mol. The van der Waals surface area contributed by atoms with Gasteiger partial charge in [0, 0.05) is 39.3 Å². The maximum absolute atomic E-state index is 3.64. The molecule has 0 bridgehead atoms. The Balaban J connectivity index is 1.45. The van der Waals surface area contributed by atoms with E-state index >= 15 is 0 Å². The predicted octanol–water partition coefficient (Wildman–Crippen LogP) is 3.48. The molecule has 0 atom stereocenters. The molecule has 3 rings (SSSR count). The first-order valence-electron chi connectivity index (χ1n) is 15.4. The molecule has 1 aromatic rings. The zero-order chi connectivity index (χ0) is 26.4. The van der Waals surface area contributed by atoms with Gasteiger partial charge in [-0.3, -0.25) is 9.80 Å². The number of nitrogens with zero attached hydrogens (tertiary/aromatic N) is 2. The van der Waals surface area contributed by atoms with Crippen molar-refractivity contribution in [2.24, 2.45) is 0 Å². The molecule has 38 heavy (non-hydrogen) atoms. The van der Waals surface area contributed by atoms with E-state index in [1.54, 1.807) is 0 Å². The molecule has 0 radical (unpaired) electrons. The van der Waals surface area contributed by atoms with Crippen molar-refractivity contribution >= 4 is 23.5 Å². The summed E-state index contributed by atoms with van der Waals surface area (Å²) < 4.78 is 0. The third-order valence-corrected chi connectivity index (χ3v) is 9.57. The van der Waals surface area contributed by atoms with E-state index in [9.17, 15) is 0 Å². The monoisotopic (exact) mass is 564 g/mol. The van der Waals surface area contributed by atoms with Crippen LogP contribution in [0.5, 0.6) is 0 Å². The summed E-state index contributed by atoms with van der Waals surface area (Å²) >= 11 is 4.28. The Bertz CT molecular complexity index is 647. The largest absolute Gasteiger partial charge is 0.317 e. The normalized spacial score (nSPS) is 22.9. The third kappa shape index (κ3) is 16.1. The van der Waals surface area contributed by atoms with E-state index in [4.69, 9.17) is 0 Å². The zero-order valence-corrected chi connectivity index (χ0v) is 25.6. The van der Waals surface area contributed by atoms with Gasteiger partial charge in [-0.1, -0.05) is 24.3 Å². The van der Waals surface area contributed by atoms with Crippen LogP contribution in [0.25, 0.3) is 0 Å². The minimum atomic E-state index is 1.05. The fraction of sp³-hybridized carbons (Fsp3) is 0.800. The van der Waals surface area contributed by atoms with Crippen molar-refractivity contribution < 1.29 is 0 Å². The van der Waals surface area contributed by atoms with E-state index in [0.717, 1.165) is 65.4 Å². The number of nitrogens with one attached hydrogen (secondary N) is 4. The first-order chi connectivity index (χ1) is 18.9. The van der Waals surface area contributed by atoms with Crippen molar-refractivity contribution in [2.45, 2.75) is 51.6 Å². The van der Waals surface area contributed by atoms with Crippen LogP contribution in [0.3, 0.4) is 0 Å². The lowest BCUT2D eigenvalue weighted by Crippen LogP contribution is -2.36. The van der Waals surface area contributed by atoms with Crippen LogP contribution in [0.1, 0.15) is 49.7 Å². The highest BCUT2D eigenvalue weighted by atomic mass is 32.2. The van der Waals surface area contributed by atoms with Gasteiger partial charge in [-0.2, -0.15) is 23.5 Å². The molecule has 0 unspecified atom stereocenters. The van der Waals surface area contributed by atoms with Gasteiger partial charge in [0.2, 0.25) is 0 Å². The SMILES string of the molecule is c1cc(CN2CCCNCCNCCCNCC2)ccc1CN1CCCSCCCNCCCSCCC1. The van der Waals surface area contributed by atoms with Crippen LogP contribution in [0.15, 0.2) is 24.3 Å². The van der Waals surface area contributed by atoms with E-state index in [0.29, 0.717) is 0 Å². The topological polar surface area (TPSA) is 54.6 Å². The first-order valence-corrected chi connectivity index (χ1v) is 17.7. The van der Waals surface area contributed by atoms with Crippen LogP contribution in [-0.4, -0.2) is 111 Å². The fourth-order valence-electron chi connectivity index (χ4n) is 5.07. The van der Waals surface area contributed by atoms with Crippen LogP contribution in [0.2, 0.25) is 0 Å². The highest BCUT2D eigenvalue weighted by molar-refractivity contribution is 7.99. The molecule has 218 valence electrons. The second-order valence-corrected chi connectivity index (χ2v) is 13.2. The van der Waals surface area contributed by atoms with Crippen molar-refractivity contribution in [1.82, 2.24) is 31.1 Å². The summed E-state index contributed by atoms with van der Waals surface area (Å²) in [5.74, 6) is 5.18. The van der Waals surface area contributed by atoms with E-state index in [1.807, 2.05) is 0 Å². The smallest absolute Gasteiger partial charge is 0.0234 e. The fourth-order valence-corrected chi connectivity index (χ4v) is 6.84. The first kappa shape index (κ1) is 32.2. The lowest BCUT2D eigenvalue weighted by atomic mass is 10.1. The molecular weight excluding hydrogens is 509 g/mol. The lowest BCUT2D eigenvalue weighted by molar-refractivity contribution is 0.259. The summed E-state index contributed by atoms with van der Waals surface area (Å²) in [6, 6.07) is 9.55. The van der Waals surface area contributed by atoms with E-state index < -0.39 is 0 Å². The standard InChI is InChI=1S/C30H56N6S2/c1-11-32-16-17-33-13-2-19-36(22-18-34-12-1)28-30-9-7-29(8-10-30)27-35-20-5-25-37-23-3-14-31-15-4-24-38-26-6-21-35/h7-10,31-34H,1-6,11-28H2. The third-order valence-electron chi connectivity index (χ3n) is 7.26. The number of thioether (sulfide) groups is 2. The Labute approximate surface area is 242 Å². The van der Waals surface area contributed by atoms with Crippen molar-refractivity contribution in [3.63, 3.8) is 0 Å². The van der Waals surface area contributed by atoms with Crippen LogP contribution < -0.4 is 21.3 Å². The van der Waals surface area contributed by atoms with Gasteiger partial charge >= 0.3 is 0 Å². The molecule has 0 aliphatic carbocycles. The van der Waals surface area contributed by atoms with Gasteiger partial charge in [0.15, 0.2) is 0 Å². The number of benzene rings is 1. The number of hydrogen-bond donors (Lipinski definition) is 4. The summed E-state index contributed by atoms with van der Waals surface area (Å²) in [5, 5.41) is 14.3. The van der Waals surface area contributed by atoms with E-state index in [2.05, 4.69) is 78.9 Å². The van der Waals surface area contributed by atoms with Crippen LogP contribution in [-0.2, 0) is 13.1 Å². The van der Waals surface area contributed by atoms with Gasteiger partial charge in [0.1, 0.15) is 0 Å². The second kappa shape index (κ2) is 22.4. The molecule has 0 amide bonds. The summed E-state index contributed by atoms with van der Waals surface area (Å²) in [6.45, 7) is 15.8. The van der Waals surface area contributed by atoms with Gasteiger partial charge in [-0.25, -0.2) is 0 Å². The Kier molecular flexibility index (Phi) is 19.0. The van der Waals surface area contributed by atoms with E-state index in [1.165, 1.54) is 98.8 Å². The highest BCUT2D eigenvalue weighted by Crippen LogP contribution is 2.14. The molecule has 4 N–H and O–H groups in total. The molecule has 2 aliphatic rings. The van der Waals surface area contributed by atoms with Crippen LogP contribution in [0, 0.1) is 0 Å². The molecule has 0 spiro atoms. The minimum Gasteiger partial charge on any atom is -0.317 e. The summed E-state index contributed by atoms with van der Waals surface area (Å²) in [4.78, 5) is 5.34. The van der Waals surface area contributed by atoms with Crippen LogP contribution in [0.4, 0.5) is 0 Å². The Morgan fingerprint density at radius 2 is 0.868 bits per heavy atom. The minimum absolute atomic E-state index is 1.05. The van der Waals surface area contributed by atoms with E-state index in [-0.39, 0.29) is 0 Å². The second-order valence-electron chi connectivity index (χ2n) is 10.7. The van der Waals surface area contributed by atoms with Gasteiger partial charge in [-0.15, -0.1) is 0 Å². The average molecular weight is 565 g/mol. The quantitative estimate of drug-likeness (QED) is 0.444. The molecule has 0 saturated carbocycles. The van der Waals surface area contributed by atoms with Crippen LogP contribution >= 0.6 is 23.5 Å². The molecule has 2 heterocycles. The Hall–Kier alpha value is -0.320. The highest BCUT2D eigenvalue weighted by Gasteiger charge is 2.09. The molecular formula is C30H56N6S2. The summed E-state index contributed by atoms with van der Waals surface area (Å²) in [7, 11) is 0. The Morgan fingerprint density at radius 1 is 0.447 bits per heavy atom. The molecule has 6 nitrogen and oxygen atoms in total. The maximum Gasteiger partial charge on any atom is 0.0234 e. The summed E-state index contributed by atoms with van der Waals surface area (Å²) in [6.07, 6.45) is 7.62. The molecule has 2 aliphatic heterocycles. The molecule has 2 fully saturated rings.